The van der Waals surface area contributed by atoms with Gasteiger partial charge in [-0.05, 0) is 98.2 Å². The summed E-state index contributed by atoms with van der Waals surface area (Å²) in [4.78, 5) is 103. The second kappa shape index (κ2) is 62.8. The van der Waals surface area contributed by atoms with Crippen LogP contribution in [0.5, 0.6) is 0 Å². The van der Waals surface area contributed by atoms with Gasteiger partial charge in [-0.3, -0.25) is 28.8 Å². The number of Topliss-reactive ketones (excluding diaryl/α,β-unsaturated/α-hetero) is 6. The standard InChI is InChI=1S/3C14H27N3O3.6C2H6/c3*1-9(2)13(16-4)12(19)8-11(10(3)18)6-5-7-17-14(15)20;6*1-2/h3*9,11,13,16H,5-8H2,1-4H3,(H3,15,17,20);6*1-2H3/t11-,13+;2*11-,13-;;;;;;/m110....../s1. The van der Waals surface area contributed by atoms with Crippen molar-refractivity contribution in [3.8, 4) is 0 Å². The summed E-state index contributed by atoms with van der Waals surface area (Å²) in [6, 6.07) is -2.39. The summed E-state index contributed by atoms with van der Waals surface area (Å²) in [5.41, 5.74) is 14.9. The molecule has 0 unspecified atom stereocenters. The summed E-state index contributed by atoms with van der Waals surface area (Å²) >= 11 is 0. The average molecular weight is 1040 g/mol. The highest BCUT2D eigenvalue weighted by Gasteiger charge is 2.28. The molecule has 0 aromatic rings. The molecule has 0 spiro atoms. The molecule has 18 nitrogen and oxygen atoms in total. The highest BCUT2D eigenvalue weighted by Crippen LogP contribution is 2.19. The number of ketones is 6. The summed E-state index contributed by atoms with van der Waals surface area (Å²) in [5, 5.41) is 16.4. The number of primary amides is 3. The molecule has 0 aliphatic heterocycles. The first-order valence-corrected chi connectivity index (χ1v) is 27.1. The van der Waals surface area contributed by atoms with Gasteiger partial charge in [0.2, 0.25) is 0 Å². The van der Waals surface area contributed by atoms with Crippen molar-refractivity contribution in [2.45, 2.75) is 221 Å². The lowest BCUT2D eigenvalue weighted by molar-refractivity contribution is -0.128. The molecule has 6 atom stereocenters. The lowest BCUT2D eigenvalue weighted by Crippen LogP contribution is -2.40. The number of urea groups is 3. The predicted octanol–water partition coefficient (Wildman–Crippen LogP) is 8.69. The van der Waals surface area contributed by atoms with Gasteiger partial charge in [-0.25, -0.2) is 14.4 Å². The summed E-state index contributed by atoms with van der Waals surface area (Å²) in [5.74, 6) is -0.0694. The maximum atomic E-state index is 12.2. The minimum absolute atomic E-state index is 0.0102. The second-order valence-corrected chi connectivity index (χ2v) is 16.3. The first-order chi connectivity index (χ1) is 33.9. The Morgan fingerprint density at radius 1 is 0.347 bits per heavy atom. The van der Waals surface area contributed by atoms with Crippen LogP contribution in [0.3, 0.4) is 0 Å². The number of carbonyl (C=O) groups is 9. The summed E-state index contributed by atoms with van der Waals surface area (Å²) in [7, 11) is 5.26. The fourth-order valence-electron chi connectivity index (χ4n) is 6.74. The van der Waals surface area contributed by atoms with E-state index in [4.69, 9.17) is 17.2 Å². The van der Waals surface area contributed by atoms with Crippen molar-refractivity contribution in [1.29, 1.82) is 0 Å². The SMILES string of the molecule is CC.CC.CC.CC.CC.CC.CN[C@@H](C(=O)C[C@@H](CCCNC(N)=O)C(C)=O)C(C)C.CN[C@H](C(=O)C[C@@H](CCCNC(N)=O)C(C)=O)C(C)C.CN[C@H](C(=O)C[C@H](CCCNC(N)=O)C(C)=O)C(C)C. The van der Waals surface area contributed by atoms with E-state index in [2.05, 4.69) is 31.9 Å². The molecule has 6 amide bonds. The lowest BCUT2D eigenvalue weighted by atomic mass is 9.88. The summed E-state index contributed by atoms with van der Waals surface area (Å²) in [6.45, 7) is 41.6. The summed E-state index contributed by atoms with van der Waals surface area (Å²) in [6.07, 6.45) is 4.37. The molecule has 0 aromatic carbocycles. The third kappa shape index (κ3) is 55.0. The molecule has 0 radical (unpaired) electrons. The average Bonchev–Trinajstić information content (AvgIpc) is 3.33. The third-order valence-corrected chi connectivity index (χ3v) is 10.1. The fraction of sp³-hybridized carbons (Fsp3) is 0.833. The number of carbonyl (C=O) groups excluding carboxylic acids is 9. The van der Waals surface area contributed by atoms with Crippen molar-refractivity contribution in [3.05, 3.63) is 0 Å². The van der Waals surface area contributed by atoms with E-state index in [1.54, 1.807) is 21.1 Å². The van der Waals surface area contributed by atoms with Crippen LogP contribution in [-0.2, 0) is 28.8 Å². The lowest BCUT2D eigenvalue weighted by Gasteiger charge is -2.21. The van der Waals surface area contributed by atoms with E-state index < -0.39 is 18.1 Å². The Morgan fingerprint density at radius 3 is 0.625 bits per heavy atom. The number of nitrogens with two attached hydrogens (primary N) is 3. The van der Waals surface area contributed by atoms with Crippen LogP contribution in [0.2, 0.25) is 0 Å². The third-order valence-electron chi connectivity index (χ3n) is 10.1. The Bertz CT molecular complexity index is 1190. The molecular weight excluding hydrogens is 919 g/mol. The van der Waals surface area contributed by atoms with E-state index in [9.17, 15) is 43.2 Å². The van der Waals surface area contributed by atoms with Gasteiger partial charge in [-0.2, -0.15) is 0 Å². The monoisotopic (exact) mass is 1040 g/mol. The van der Waals surface area contributed by atoms with Gasteiger partial charge in [0, 0.05) is 56.7 Å². The van der Waals surface area contributed by atoms with Crippen LogP contribution in [0.1, 0.15) is 203 Å². The minimum Gasteiger partial charge on any atom is -0.352 e. The van der Waals surface area contributed by atoms with Crippen molar-refractivity contribution in [3.63, 3.8) is 0 Å². The zero-order chi connectivity index (χ0) is 59.1. The van der Waals surface area contributed by atoms with Gasteiger partial charge < -0.3 is 49.1 Å². The predicted molar refractivity (Wildman–Crippen MR) is 303 cm³/mol. The van der Waals surface area contributed by atoms with Crippen molar-refractivity contribution in [2.75, 3.05) is 40.8 Å². The molecule has 0 saturated carbocycles. The van der Waals surface area contributed by atoms with Crippen molar-refractivity contribution >= 4 is 52.8 Å². The molecule has 0 aliphatic carbocycles. The van der Waals surface area contributed by atoms with Crippen LogP contribution in [0.25, 0.3) is 0 Å². The van der Waals surface area contributed by atoms with Gasteiger partial charge in [0.05, 0.1) is 18.1 Å². The van der Waals surface area contributed by atoms with Crippen LogP contribution >= 0.6 is 0 Å². The fourth-order valence-corrected chi connectivity index (χ4v) is 6.74. The van der Waals surface area contributed by atoms with E-state index in [1.165, 1.54) is 20.8 Å². The highest BCUT2D eigenvalue weighted by molar-refractivity contribution is 5.91. The van der Waals surface area contributed by atoms with Gasteiger partial charge in [0.15, 0.2) is 17.3 Å². The first kappa shape index (κ1) is 87.4. The highest BCUT2D eigenvalue weighted by atomic mass is 16.2. The Morgan fingerprint density at radius 2 is 0.514 bits per heavy atom. The Hall–Kier alpha value is -4.29. The quantitative estimate of drug-likeness (QED) is 0.0305. The normalized spacial score (nSPS) is 12.0. The van der Waals surface area contributed by atoms with E-state index in [1.807, 2.05) is 125 Å². The van der Waals surface area contributed by atoms with Crippen molar-refractivity contribution in [2.24, 2.45) is 52.7 Å². The molecule has 12 N–H and O–H groups in total. The smallest absolute Gasteiger partial charge is 0.312 e. The van der Waals surface area contributed by atoms with Gasteiger partial charge in [0.1, 0.15) is 17.3 Å². The Balaban J connectivity index is -0.000000106. The van der Waals surface area contributed by atoms with E-state index >= 15 is 0 Å². The van der Waals surface area contributed by atoms with Crippen LogP contribution in [0.15, 0.2) is 0 Å². The Kier molecular flexibility index (Phi) is 76.3. The molecule has 0 bridgehead atoms. The topological polar surface area (TPSA) is 304 Å². The number of rotatable bonds is 30. The number of likely N-dealkylation sites (N-methyl/N-ethyl adjacent to an activating group) is 3. The largest absolute Gasteiger partial charge is 0.352 e. The molecule has 0 rings (SSSR count). The van der Waals surface area contributed by atoms with Crippen LogP contribution in [0.4, 0.5) is 14.4 Å². The molecule has 432 valence electrons. The second-order valence-electron chi connectivity index (χ2n) is 16.3. The maximum Gasteiger partial charge on any atom is 0.312 e. The van der Waals surface area contributed by atoms with Gasteiger partial charge in [-0.15, -0.1) is 0 Å². The van der Waals surface area contributed by atoms with Gasteiger partial charge >= 0.3 is 18.1 Å². The van der Waals surface area contributed by atoms with E-state index in [0.29, 0.717) is 58.2 Å². The molecule has 0 heterocycles. The number of nitrogens with one attached hydrogen (secondary N) is 6. The van der Waals surface area contributed by atoms with Crippen LogP contribution in [-0.4, -0.2) is 112 Å². The number of amides is 6. The number of hydrogen-bond donors (Lipinski definition) is 9. The molecule has 0 aliphatic rings. The zero-order valence-electron chi connectivity index (χ0n) is 50.6. The first-order valence-electron chi connectivity index (χ1n) is 27.1. The van der Waals surface area contributed by atoms with Crippen molar-refractivity contribution in [1.82, 2.24) is 31.9 Å². The molecular formula is C54H117N9O9. The van der Waals surface area contributed by atoms with E-state index in [-0.39, 0.29) is 108 Å². The zero-order valence-corrected chi connectivity index (χ0v) is 50.6. The van der Waals surface area contributed by atoms with Crippen LogP contribution in [0, 0.1) is 35.5 Å². The maximum absolute atomic E-state index is 12.2. The van der Waals surface area contributed by atoms with Crippen molar-refractivity contribution < 1.29 is 43.2 Å². The molecule has 0 aromatic heterocycles. The Labute approximate surface area is 441 Å². The molecule has 0 fully saturated rings. The van der Waals surface area contributed by atoms with E-state index in [0.717, 1.165) is 0 Å². The minimum atomic E-state index is -0.574. The number of hydrogen-bond acceptors (Lipinski definition) is 12. The molecule has 72 heavy (non-hydrogen) atoms. The molecule has 0 saturated heterocycles. The van der Waals surface area contributed by atoms with Crippen LogP contribution < -0.4 is 49.1 Å². The van der Waals surface area contributed by atoms with Gasteiger partial charge in [0.25, 0.3) is 0 Å². The molecule has 18 heteroatoms. The van der Waals surface area contributed by atoms with Gasteiger partial charge in [-0.1, -0.05) is 125 Å². The summed E-state index contributed by atoms with van der Waals surface area (Å²) < 4.78 is 0.